The van der Waals surface area contributed by atoms with Gasteiger partial charge in [0.15, 0.2) is 0 Å². The number of carbonyl (C=O) groups excluding carboxylic acids is 1. The van der Waals surface area contributed by atoms with Crippen LogP contribution in [0.25, 0.3) is 0 Å². The van der Waals surface area contributed by atoms with Crippen molar-refractivity contribution in [2.24, 2.45) is 5.92 Å². The summed E-state index contributed by atoms with van der Waals surface area (Å²) in [7, 11) is 0. The second-order valence-corrected chi connectivity index (χ2v) is 3.55. The third-order valence-electron chi connectivity index (χ3n) is 2.66. The molecule has 1 fully saturated rings. The molecule has 1 aliphatic carbocycles. The van der Waals surface area contributed by atoms with E-state index in [0.29, 0.717) is 0 Å². The van der Waals surface area contributed by atoms with Crippen LogP contribution in [-0.4, -0.2) is 23.7 Å². The van der Waals surface area contributed by atoms with Gasteiger partial charge in [0.1, 0.15) is 0 Å². The topological polar surface area (TPSA) is 49.3 Å². The van der Waals surface area contributed by atoms with Gasteiger partial charge < -0.3 is 10.4 Å². The van der Waals surface area contributed by atoms with Gasteiger partial charge in [-0.15, -0.1) is 0 Å². The van der Waals surface area contributed by atoms with Crippen LogP contribution in [0.2, 0.25) is 0 Å². The fraction of sp³-hybridized carbons (Fsp3) is 0.700. The van der Waals surface area contributed by atoms with Gasteiger partial charge in [0.2, 0.25) is 5.91 Å². The molecule has 2 unspecified atom stereocenters. The van der Waals surface area contributed by atoms with Crippen molar-refractivity contribution in [1.29, 1.82) is 0 Å². The average Bonchev–Trinajstić information content (AvgIpc) is 2.18. The average molecular weight is 183 g/mol. The molecule has 13 heavy (non-hydrogen) atoms. The number of aliphatic hydroxyl groups is 1. The van der Waals surface area contributed by atoms with Crippen LogP contribution in [0.15, 0.2) is 12.7 Å². The predicted octanol–water partition coefficient (Wildman–Crippen LogP) is 0.840. The van der Waals surface area contributed by atoms with Crippen molar-refractivity contribution in [1.82, 2.24) is 5.32 Å². The largest absolute Gasteiger partial charge is 0.396 e. The second kappa shape index (κ2) is 5.02. The molecule has 0 heterocycles. The van der Waals surface area contributed by atoms with Crippen LogP contribution < -0.4 is 5.32 Å². The second-order valence-electron chi connectivity index (χ2n) is 3.55. The molecule has 2 N–H and O–H groups in total. The first-order valence-electron chi connectivity index (χ1n) is 4.81. The molecule has 74 valence electrons. The third kappa shape index (κ3) is 2.84. The number of aliphatic hydroxyl groups excluding tert-OH is 1. The van der Waals surface area contributed by atoms with Crippen LogP contribution >= 0.6 is 0 Å². The first kappa shape index (κ1) is 10.3. The molecule has 3 nitrogen and oxygen atoms in total. The molecule has 0 radical (unpaired) electrons. The number of amides is 1. The first-order chi connectivity index (χ1) is 6.27. The summed E-state index contributed by atoms with van der Waals surface area (Å²) in [6, 6.07) is 0.143. The van der Waals surface area contributed by atoms with E-state index in [2.05, 4.69) is 11.9 Å². The van der Waals surface area contributed by atoms with Crippen molar-refractivity contribution in [3.05, 3.63) is 12.7 Å². The molecule has 1 saturated carbocycles. The maximum Gasteiger partial charge on any atom is 0.243 e. The summed E-state index contributed by atoms with van der Waals surface area (Å²) < 4.78 is 0. The molecule has 0 aromatic carbocycles. The maximum atomic E-state index is 11.0. The van der Waals surface area contributed by atoms with Gasteiger partial charge >= 0.3 is 0 Å². The standard InChI is InChI=1S/C10H17NO2/c1-2-10(13)11-9-6-4-3-5-8(9)7-12/h2,8-9,12H,1,3-7H2,(H,11,13). The Morgan fingerprint density at radius 3 is 2.85 bits per heavy atom. The van der Waals surface area contributed by atoms with E-state index >= 15 is 0 Å². The SMILES string of the molecule is C=CC(=O)NC1CCCCC1CO. The van der Waals surface area contributed by atoms with Gasteiger partial charge in [-0.2, -0.15) is 0 Å². The molecule has 1 amide bonds. The number of hydrogen-bond donors (Lipinski definition) is 2. The quantitative estimate of drug-likeness (QED) is 0.637. The van der Waals surface area contributed by atoms with E-state index in [1.54, 1.807) is 0 Å². The van der Waals surface area contributed by atoms with Gasteiger partial charge in [-0.1, -0.05) is 19.4 Å². The summed E-state index contributed by atoms with van der Waals surface area (Å²) in [5.41, 5.74) is 0. The van der Waals surface area contributed by atoms with Gasteiger partial charge in [-0.25, -0.2) is 0 Å². The van der Waals surface area contributed by atoms with Crippen molar-refractivity contribution in [3.8, 4) is 0 Å². The zero-order valence-corrected chi connectivity index (χ0v) is 7.83. The van der Waals surface area contributed by atoms with Crippen molar-refractivity contribution >= 4 is 5.91 Å². The Kier molecular flexibility index (Phi) is 3.96. The van der Waals surface area contributed by atoms with Gasteiger partial charge in [-0.3, -0.25) is 4.79 Å². The lowest BCUT2D eigenvalue weighted by molar-refractivity contribution is -0.117. The molecule has 1 rings (SSSR count). The summed E-state index contributed by atoms with van der Waals surface area (Å²) in [6.07, 6.45) is 5.57. The monoisotopic (exact) mass is 183 g/mol. The smallest absolute Gasteiger partial charge is 0.243 e. The van der Waals surface area contributed by atoms with Crippen molar-refractivity contribution in [2.45, 2.75) is 31.7 Å². The highest BCUT2D eigenvalue weighted by molar-refractivity contribution is 5.87. The molecule has 0 bridgehead atoms. The number of nitrogens with one attached hydrogen (secondary N) is 1. The van der Waals surface area contributed by atoms with Crippen molar-refractivity contribution in [2.75, 3.05) is 6.61 Å². The molecule has 0 spiro atoms. The lowest BCUT2D eigenvalue weighted by atomic mass is 9.85. The lowest BCUT2D eigenvalue weighted by Crippen LogP contribution is -2.42. The van der Waals surface area contributed by atoms with E-state index in [1.807, 2.05) is 0 Å². The minimum absolute atomic E-state index is 0.134. The van der Waals surface area contributed by atoms with E-state index in [-0.39, 0.29) is 24.5 Å². The Morgan fingerprint density at radius 1 is 1.54 bits per heavy atom. The Bertz CT molecular complexity index is 191. The third-order valence-corrected chi connectivity index (χ3v) is 2.66. The zero-order valence-electron chi connectivity index (χ0n) is 7.83. The van der Waals surface area contributed by atoms with Crippen molar-refractivity contribution < 1.29 is 9.90 Å². The maximum absolute atomic E-state index is 11.0. The van der Waals surface area contributed by atoms with E-state index in [4.69, 9.17) is 5.11 Å². The highest BCUT2D eigenvalue weighted by atomic mass is 16.3. The number of carbonyl (C=O) groups is 1. The summed E-state index contributed by atoms with van der Waals surface area (Å²) in [4.78, 5) is 11.0. The van der Waals surface area contributed by atoms with Gasteiger partial charge in [0.25, 0.3) is 0 Å². The normalized spacial score (nSPS) is 28.1. The molecule has 3 heteroatoms. The van der Waals surface area contributed by atoms with Crippen molar-refractivity contribution in [3.63, 3.8) is 0 Å². The predicted molar refractivity (Wildman–Crippen MR) is 51.2 cm³/mol. The Balaban J connectivity index is 2.44. The summed E-state index contributed by atoms with van der Waals surface area (Å²) in [5.74, 6) is 0.1000. The minimum atomic E-state index is -0.134. The zero-order chi connectivity index (χ0) is 9.68. The Labute approximate surface area is 78.8 Å². The summed E-state index contributed by atoms with van der Waals surface area (Å²) in [5, 5.41) is 11.9. The first-order valence-corrected chi connectivity index (χ1v) is 4.81. The van der Waals surface area contributed by atoms with Gasteiger partial charge in [-0.05, 0) is 18.9 Å². The van der Waals surface area contributed by atoms with E-state index in [0.717, 1.165) is 25.7 Å². The molecular formula is C10H17NO2. The minimum Gasteiger partial charge on any atom is -0.396 e. The van der Waals surface area contributed by atoms with Crippen LogP contribution in [0.5, 0.6) is 0 Å². The molecule has 0 aliphatic heterocycles. The number of hydrogen-bond acceptors (Lipinski definition) is 2. The van der Waals surface area contributed by atoms with Crippen LogP contribution in [0, 0.1) is 5.92 Å². The van der Waals surface area contributed by atoms with Gasteiger partial charge in [0.05, 0.1) is 0 Å². The highest BCUT2D eigenvalue weighted by Gasteiger charge is 2.24. The molecule has 0 aromatic heterocycles. The van der Waals surface area contributed by atoms with E-state index < -0.39 is 0 Å². The molecule has 1 aliphatic rings. The summed E-state index contributed by atoms with van der Waals surface area (Å²) >= 11 is 0. The Hall–Kier alpha value is -0.830. The van der Waals surface area contributed by atoms with E-state index in [9.17, 15) is 4.79 Å². The summed E-state index contributed by atoms with van der Waals surface area (Å²) in [6.45, 7) is 3.57. The van der Waals surface area contributed by atoms with E-state index in [1.165, 1.54) is 6.08 Å². The lowest BCUT2D eigenvalue weighted by Gasteiger charge is -2.30. The highest BCUT2D eigenvalue weighted by Crippen LogP contribution is 2.23. The number of rotatable bonds is 3. The van der Waals surface area contributed by atoms with Gasteiger partial charge in [0, 0.05) is 18.6 Å². The molecule has 0 aromatic rings. The molecular weight excluding hydrogens is 166 g/mol. The molecule has 2 atom stereocenters. The van der Waals surface area contributed by atoms with Crippen LogP contribution in [0.3, 0.4) is 0 Å². The fourth-order valence-corrected chi connectivity index (χ4v) is 1.86. The van der Waals surface area contributed by atoms with Crippen LogP contribution in [0.4, 0.5) is 0 Å². The molecule has 0 saturated heterocycles. The Morgan fingerprint density at radius 2 is 2.23 bits per heavy atom. The fourth-order valence-electron chi connectivity index (χ4n) is 1.86. The van der Waals surface area contributed by atoms with Crippen LogP contribution in [-0.2, 0) is 4.79 Å². The van der Waals surface area contributed by atoms with Crippen LogP contribution in [0.1, 0.15) is 25.7 Å².